The van der Waals surface area contributed by atoms with Crippen LogP contribution in [0.4, 0.5) is 32.2 Å². The highest BCUT2D eigenvalue weighted by atomic mass is 19.4. The molecule has 0 amide bonds. The topological polar surface area (TPSA) is 129 Å². The van der Waals surface area contributed by atoms with Crippen LogP contribution in [0.25, 0.3) is 0 Å². The number of rotatable bonds is 4. The highest BCUT2D eigenvalue weighted by molar-refractivity contribution is 5.73. The summed E-state index contributed by atoms with van der Waals surface area (Å²) in [5.74, 6) is -3.91. The number of pyridine rings is 1. The predicted molar refractivity (Wildman–Crippen MR) is 115 cm³/mol. The molecule has 16 heteroatoms. The highest BCUT2D eigenvalue weighted by Crippen LogP contribution is 2.35. The van der Waals surface area contributed by atoms with Crippen molar-refractivity contribution in [3.8, 4) is 5.88 Å². The molecule has 2 aromatic rings. The molecule has 2 aliphatic heterocycles. The molecule has 0 aromatic carbocycles. The van der Waals surface area contributed by atoms with Crippen LogP contribution in [0.2, 0.25) is 0 Å². The number of nitrogens with zero attached hydrogens (tertiary/aromatic N) is 5. The van der Waals surface area contributed by atoms with Gasteiger partial charge in [0.15, 0.2) is 0 Å². The van der Waals surface area contributed by atoms with Gasteiger partial charge in [-0.2, -0.15) is 26.3 Å². The molecule has 0 bridgehead atoms. The number of likely N-dealkylation sites (tertiary alicyclic amines) is 1. The van der Waals surface area contributed by atoms with Gasteiger partial charge in [0.25, 0.3) is 0 Å². The molecule has 4 rings (SSSR count). The number of ether oxygens (including phenoxy) is 1. The van der Waals surface area contributed by atoms with E-state index < -0.39 is 24.3 Å². The standard InChI is InChI=1S/C17H21N5O.2C2HF3O2/c1-23-17-9-16(19-12-20-17)22-8-5-14-15(22)4-7-21(14)11-13-3-2-6-18-10-13;2*3-2(4,5)1(6)7/h2-3,6,9-10,12,14-15H,4-5,7-8,11H2,1H3;2*(H,6,7)/t14-,15+;;/m1../s1. The van der Waals surface area contributed by atoms with Crippen molar-refractivity contribution in [1.82, 2.24) is 19.9 Å². The fourth-order valence-corrected chi connectivity index (χ4v) is 3.88. The Morgan fingerprint density at radius 1 is 1.03 bits per heavy atom. The van der Waals surface area contributed by atoms with E-state index in [9.17, 15) is 26.3 Å². The summed E-state index contributed by atoms with van der Waals surface area (Å²) in [5, 5.41) is 14.2. The largest absolute Gasteiger partial charge is 0.490 e. The molecule has 4 heterocycles. The average Bonchev–Trinajstić information content (AvgIpc) is 3.42. The summed E-state index contributed by atoms with van der Waals surface area (Å²) in [5.41, 5.74) is 1.29. The van der Waals surface area contributed by atoms with Crippen LogP contribution in [0.15, 0.2) is 36.9 Å². The van der Waals surface area contributed by atoms with E-state index in [1.807, 2.05) is 24.5 Å². The summed E-state index contributed by atoms with van der Waals surface area (Å²) in [6.45, 7) is 3.15. The number of carboxylic acids is 2. The quantitative estimate of drug-likeness (QED) is 0.560. The van der Waals surface area contributed by atoms with E-state index >= 15 is 0 Å². The fourth-order valence-electron chi connectivity index (χ4n) is 3.88. The second-order valence-corrected chi connectivity index (χ2v) is 7.76. The molecular formula is C21H23F6N5O5. The normalized spacial score (nSPS) is 19.2. The van der Waals surface area contributed by atoms with Gasteiger partial charge in [0.05, 0.1) is 7.11 Å². The molecule has 2 aromatic heterocycles. The lowest BCUT2D eigenvalue weighted by atomic mass is 10.1. The highest BCUT2D eigenvalue weighted by Gasteiger charge is 2.43. The Morgan fingerprint density at radius 2 is 1.62 bits per heavy atom. The number of fused-ring (bicyclic) bond motifs is 1. The first-order valence-corrected chi connectivity index (χ1v) is 10.6. The Bertz CT molecular complexity index is 1020. The van der Waals surface area contributed by atoms with E-state index in [2.05, 4.69) is 30.8 Å². The predicted octanol–water partition coefficient (Wildman–Crippen LogP) is 3.00. The van der Waals surface area contributed by atoms with E-state index in [1.165, 1.54) is 18.4 Å². The first kappa shape index (κ1) is 29.5. The first-order valence-electron chi connectivity index (χ1n) is 10.6. The summed E-state index contributed by atoms with van der Waals surface area (Å²) in [4.78, 5) is 35.6. The number of aliphatic carboxylic acids is 2. The van der Waals surface area contributed by atoms with Crippen molar-refractivity contribution in [2.24, 2.45) is 0 Å². The summed E-state index contributed by atoms with van der Waals surface area (Å²) in [6.07, 6.45) is -2.43. The smallest absolute Gasteiger partial charge is 0.481 e. The fraction of sp³-hybridized carbons (Fsp3) is 0.476. The second kappa shape index (κ2) is 12.5. The van der Waals surface area contributed by atoms with E-state index in [4.69, 9.17) is 24.5 Å². The molecule has 10 nitrogen and oxygen atoms in total. The molecule has 0 aliphatic carbocycles. The number of hydrogen-bond donors (Lipinski definition) is 2. The Balaban J connectivity index is 0.000000286. The molecule has 2 fully saturated rings. The van der Waals surface area contributed by atoms with Crippen LogP contribution in [0.1, 0.15) is 18.4 Å². The third-order valence-corrected chi connectivity index (χ3v) is 5.42. The zero-order chi connectivity index (χ0) is 27.8. The van der Waals surface area contributed by atoms with Crippen LogP contribution in [0.5, 0.6) is 5.88 Å². The van der Waals surface area contributed by atoms with Crippen LogP contribution in [0.3, 0.4) is 0 Å². The number of methoxy groups -OCH3 is 1. The summed E-state index contributed by atoms with van der Waals surface area (Å²) >= 11 is 0. The van der Waals surface area contributed by atoms with Gasteiger partial charge < -0.3 is 19.8 Å². The van der Waals surface area contributed by atoms with Gasteiger partial charge in [-0.25, -0.2) is 19.6 Å². The molecule has 204 valence electrons. The van der Waals surface area contributed by atoms with Crippen LogP contribution in [-0.4, -0.2) is 86.6 Å². The lowest BCUT2D eigenvalue weighted by Crippen LogP contribution is -2.36. The zero-order valence-electron chi connectivity index (χ0n) is 19.3. The third kappa shape index (κ3) is 8.73. The Hall–Kier alpha value is -3.69. The lowest BCUT2D eigenvalue weighted by Gasteiger charge is -2.26. The van der Waals surface area contributed by atoms with E-state index in [-0.39, 0.29) is 0 Å². The Morgan fingerprint density at radius 3 is 2.14 bits per heavy atom. The monoisotopic (exact) mass is 539 g/mol. The maximum Gasteiger partial charge on any atom is 0.490 e. The van der Waals surface area contributed by atoms with Crippen LogP contribution in [0, 0.1) is 0 Å². The van der Waals surface area contributed by atoms with Crippen molar-refractivity contribution in [3.63, 3.8) is 0 Å². The van der Waals surface area contributed by atoms with Gasteiger partial charge in [0.2, 0.25) is 5.88 Å². The maximum atomic E-state index is 10.6. The maximum absolute atomic E-state index is 10.6. The molecule has 0 saturated carbocycles. The third-order valence-electron chi connectivity index (χ3n) is 5.42. The van der Waals surface area contributed by atoms with Gasteiger partial charge in [-0.05, 0) is 24.5 Å². The molecule has 0 spiro atoms. The van der Waals surface area contributed by atoms with Crippen molar-refractivity contribution >= 4 is 17.8 Å². The number of halogens is 6. The number of carboxylic acid groups (broad SMARTS) is 2. The number of hydrogen-bond acceptors (Lipinski definition) is 8. The van der Waals surface area contributed by atoms with E-state index in [0.29, 0.717) is 18.0 Å². The van der Waals surface area contributed by atoms with Gasteiger partial charge in [-0.1, -0.05) is 6.07 Å². The van der Waals surface area contributed by atoms with Gasteiger partial charge in [0.1, 0.15) is 12.1 Å². The summed E-state index contributed by atoms with van der Waals surface area (Å²) in [7, 11) is 1.64. The summed E-state index contributed by atoms with van der Waals surface area (Å²) in [6, 6.07) is 7.23. The van der Waals surface area contributed by atoms with Crippen LogP contribution < -0.4 is 9.64 Å². The number of carbonyl (C=O) groups is 2. The molecule has 2 atom stereocenters. The molecule has 0 radical (unpaired) electrons. The first-order chi connectivity index (χ1) is 17.2. The van der Waals surface area contributed by atoms with Crippen molar-refractivity contribution in [2.45, 2.75) is 43.8 Å². The summed E-state index contributed by atoms with van der Waals surface area (Å²) < 4.78 is 68.7. The molecular weight excluding hydrogens is 516 g/mol. The zero-order valence-corrected chi connectivity index (χ0v) is 19.3. The Labute approximate surface area is 206 Å². The minimum atomic E-state index is -5.08. The van der Waals surface area contributed by atoms with Gasteiger partial charge in [-0.3, -0.25) is 9.88 Å². The van der Waals surface area contributed by atoms with Crippen LogP contribution in [-0.2, 0) is 16.1 Å². The molecule has 2 saturated heterocycles. The SMILES string of the molecule is COc1cc(N2CC[C@@H]3[C@@H]2CCN3Cc2cccnc2)ncn1.O=C(O)C(F)(F)F.O=C(O)C(F)(F)F. The van der Waals surface area contributed by atoms with Crippen molar-refractivity contribution < 1.29 is 50.9 Å². The van der Waals surface area contributed by atoms with Crippen LogP contribution >= 0.6 is 0 Å². The molecule has 0 unspecified atom stereocenters. The van der Waals surface area contributed by atoms with E-state index in [1.54, 1.807) is 13.4 Å². The minimum absolute atomic E-state index is 0.534. The molecule has 37 heavy (non-hydrogen) atoms. The number of aromatic nitrogens is 3. The average molecular weight is 539 g/mol. The lowest BCUT2D eigenvalue weighted by molar-refractivity contribution is -0.193. The van der Waals surface area contributed by atoms with Gasteiger partial charge >= 0.3 is 24.3 Å². The molecule has 2 aliphatic rings. The van der Waals surface area contributed by atoms with Crippen molar-refractivity contribution in [2.75, 3.05) is 25.1 Å². The minimum Gasteiger partial charge on any atom is -0.481 e. The molecule has 2 N–H and O–H groups in total. The second-order valence-electron chi connectivity index (χ2n) is 7.76. The number of alkyl halides is 6. The van der Waals surface area contributed by atoms with Gasteiger partial charge in [-0.15, -0.1) is 0 Å². The Kier molecular flexibility index (Phi) is 9.99. The van der Waals surface area contributed by atoms with Crippen molar-refractivity contribution in [3.05, 3.63) is 42.5 Å². The van der Waals surface area contributed by atoms with Crippen molar-refractivity contribution in [1.29, 1.82) is 0 Å². The van der Waals surface area contributed by atoms with Gasteiger partial charge in [0, 0.05) is 50.2 Å². The number of anilines is 1. The van der Waals surface area contributed by atoms with E-state index in [0.717, 1.165) is 25.5 Å².